The summed E-state index contributed by atoms with van der Waals surface area (Å²) in [4.78, 5) is 14.1. The number of benzene rings is 2. The number of anilines is 1. The highest BCUT2D eigenvalue weighted by atomic mass is 35.5. The summed E-state index contributed by atoms with van der Waals surface area (Å²) in [7, 11) is 0. The molecule has 0 atom stereocenters. The fourth-order valence-electron chi connectivity index (χ4n) is 2.32. The van der Waals surface area contributed by atoms with Gasteiger partial charge in [-0.2, -0.15) is 0 Å². The molecule has 3 rings (SSSR count). The third-order valence-corrected chi connectivity index (χ3v) is 3.62. The predicted octanol–water partition coefficient (Wildman–Crippen LogP) is 4.89. The van der Waals surface area contributed by atoms with Gasteiger partial charge in [0.25, 0.3) is 5.91 Å². The molecule has 0 unspecified atom stereocenters. The van der Waals surface area contributed by atoms with Crippen molar-refractivity contribution in [2.24, 2.45) is 0 Å². The first-order valence-electron chi connectivity index (χ1n) is 6.85. The Hall–Kier alpha value is -2.33. The maximum absolute atomic E-state index is 13.0. The minimum Gasteiger partial charge on any atom is -0.451 e. The molecule has 3 nitrogen and oxygen atoms in total. The second-order valence-electron chi connectivity index (χ2n) is 4.82. The number of nitrogens with zero attached hydrogens (tertiary/aromatic N) is 1. The molecule has 2 aromatic carbocycles. The van der Waals surface area contributed by atoms with Crippen molar-refractivity contribution in [3.63, 3.8) is 0 Å². The van der Waals surface area contributed by atoms with Crippen LogP contribution >= 0.6 is 11.6 Å². The number of furan rings is 1. The Morgan fingerprint density at radius 1 is 1.18 bits per heavy atom. The Labute approximate surface area is 131 Å². The first-order chi connectivity index (χ1) is 10.6. The summed E-state index contributed by atoms with van der Waals surface area (Å²) in [6, 6.07) is 12.6. The second kappa shape index (κ2) is 5.81. The van der Waals surface area contributed by atoms with Crippen LogP contribution in [0, 0.1) is 5.82 Å². The van der Waals surface area contributed by atoms with Crippen LogP contribution in [0.15, 0.2) is 52.9 Å². The fraction of sp³-hybridized carbons (Fsp3) is 0.118. The van der Waals surface area contributed by atoms with Gasteiger partial charge in [0.2, 0.25) is 0 Å². The van der Waals surface area contributed by atoms with Gasteiger partial charge in [-0.05, 0) is 55.5 Å². The Morgan fingerprint density at radius 2 is 1.91 bits per heavy atom. The Balaban J connectivity index is 1.97. The van der Waals surface area contributed by atoms with Crippen molar-refractivity contribution in [1.82, 2.24) is 0 Å². The van der Waals surface area contributed by atoms with E-state index in [0.717, 1.165) is 5.39 Å². The Morgan fingerprint density at radius 3 is 2.59 bits per heavy atom. The summed E-state index contributed by atoms with van der Waals surface area (Å²) in [5, 5.41) is 1.35. The minimum atomic E-state index is -0.342. The highest BCUT2D eigenvalue weighted by Gasteiger charge is 2.20. The standard InChI is InChI=1S/C17H13ClFNO2/c1-2-20(14-6-4-13(19)5-7-14)17(21)16-10-11-9-12(18)3-8-15(11)22-16/h3-10H,2H2,1H3. The van der Waals surface area contributed by atoms with Gasteiger partial charge in [-0.15, -0.1) is 0 Å². The largest absolute Gasteiger partial charge is 0.451 e. The fourth-order valence-corrected chi connectivity index (χ4v) is 2.50. The maximum Gasteiger partial charge on any atom is 0.294 e. The van der Waals surface area contributed by atoms with E-state index < -0.39 is 0 Å². The lowest BCUT2D eigenvalue weighted by Crippen LogP contribution is -2.30. The highest BCUT2D eigenvalue weighted by molar-refractivity contribution is 6.31. The predicted molar refractivity (Wildman–Crippen MR) is 85.0 cm³/mol. The molecule has 5 heteroatoms. The van der Waals surface area contributed by atoms with Gasteiger partial charge in [0.05, 0.1) is 0 Å². The Bertz CT molecular complexity index is 826. The van der Waals surface area contributed by atoms with Crippen LogP contribution in [0.25, 0.3) is 11.0 Å². The molecule has 3 aromatic rings. The topological polar surface area (TPSA) is 33.5 Å². The summed E-state index contributed by atoms with van der Waals surface area (Å²) < 4.78 is 18.6. The quantitative estimate of drug-likeness (QED) is 0.689. The van der Waals surface area contributed by atoms with Crippen LogP contribution in [0.1, 0.15) is 17.5 Å². The van der Waals surface area contributed by atoms with E-state index in [4.69, 9.17) is 16.0 Å². The Kier molecular flexibility index (Phi) is 3.86. The average Bonchev–Trinajstić information content (AvgIpc) is 2.92. The SMILES string of the molecule is CCN(C(=O)c1cc2cc(Cl)ccc2o1)c1ccc(F)cc1. The van der Waals surface area contributed by atoms with Gasteiger partial charge in [0, 0.05) is 22.6 Å². The molecule has 22 heavy (non-hydrogen) atoms. The average molecular weight is 318 g/mol. The number of hydrogen-bond donors (Lipinski definition) is 0. The lowest BCUT2D eigenvalue weighted by Gasteiger charge is -2.19. The molecule has 1 heterocycles. The third-order valence-electron chi connectivity index (χ3n) is 3.39. The number of halogens is 2. The normalized spacial score (nSPS) is 10.9. The van der Waals surface area contributed by atoms with Gasteiger partial charge in [0.15, 0.2) is 5.76 Å². The summed E-state index contributed by atoms with van der Waals surface area (Å²) in [6.07, 6.45) is 0. The minimum absolute atomic E-state index is 0.225. The smallest absolute Gasteiger partial charge is 0.294 e. The molecule has 1 aromatic heterocycles. The molecular weight excluding hydrogens is 305 g/mol. The van der Waals surface area contributed by atoms with Crippen LogP contribution in [0.3, 0.4) is 0 Å². The number of rotatable bonds is 3. The van der Waals surface area contributed by atoms with E-state index >= 15 is 0 Å². The lowest BCUT2D eigenvalue weighted by molar-refractivity contribution is 0.0964. The summed E-state index contributed by atoms with van der Waals surface area (Å²) in [5.41, 5.74) is 1.22. The van der Waals surface area contributed by atoms with Crippen LogP contribution in [0.2, 0.25) is 5.02 Å². The van der Waals surface area contributed by atoms with E-state index in [2.05, 4.69) is 0 Å². The van der Waals surface area contributed by atoms with Crippen LogP contribution in [-0.4, -0.2) is 12.5 Å². The van der Waals surface area contributed by atoms with Gasteiger partial charge in [-0.3, -0.25) is 4.79 Å². The number of amides is 1. The summed E-state index contributed by atoms with van der Waals surface area (Å²) >= 11 is 5.94. The van der Waals surface area contributed by atoms with Crippen LogP contribution in [0.5, 0.6) is 0 Å². The van der Waals surface area contributed by atoms with Crippen LogP contribution in [-0.2, 0) is 0 Å². The van der Waals surface area contributed by atoms with Crippen molar-refractivity contribution in [2.75, 3.05) is 11.4 Å². The van der Waals surface area contributed by atoms with E-state index in [-0.39, 0.29) is 17.5 Å². The van der Waals surface area contributed by atoms with Gasteiger partial charge >= 0.3 is 0 Å². The number of fused-ring (bicyclic) bond motifs is 1. The molecule has 0 radical (unpaired) electrons. The molecule has 112 valence electrons. The monoisotopic (exact) mass is 317 g/mol. The zero-order valence-corrected chi connectivity index (χ0v) is 12.6. The van der Waals surface area contributed by atoms with Gasteiger partial charge in [-0.1, -0.05) is 11.6 Å². The first-order valence-corrected chi connectivity index (χ1v) is 7.23. The molecule has 0 bridgehead atoms. The lowest BCUT2D eigenvalue weighted by atomic mass is 10.2. The third kappa shape index (κ3) is 2.70. The van der Waals surface area contributed by atoms with Crippen molar-refractivity contribution in [3.05, 3.63) is 65.1 Å². The number of carbonyl (C=O) groups excluding carboxylic acids is 1. The molecular formula is C17H13ClFNO2. The molecule has 1 amide bonds. The van der Waals surface area contributed by atoms with Crippen molar-refractivity contribution >= 4 is 34.2 Å². The molecule has 0 aliphatic carbocycles. The molecule has 0 saturated carbocycles. The van der Waals surface area contributed by atoms with Crippen LogP contribution < -0.4 is 4.90 Å². The van der Waals surface area contributed by atoms with E-state index in [0.29, 0.717) is 22.8 Å². The highest BCUT2D eigenvalue weighted by Crippen LogP contribution is 2.25. The molecule has 0 fully saturated rings. The van der Waals surface area contributed by atoms with E-state index in [1.165, 1.54) is 17.0 Å². The van der Waals surface area contributed by atoms with Crippen molar-refractivity contribution in [2.45, 2.75) is 6.92 Å². The van der Waals surface area contributed by atoms with Crippen molar-refractivity contribution in [3.8, 4) is 0 Å². The summed E-state index contributed by atoms with van der Waals surface area (Å²) in [6.45, 7) is 2.29. The van der Waals surface area contributed by atoms with Gasteiger partial charge < -0.3 is 9.32 Å². The van der Waals surface area contributed by atoms with E-state index in [1.807, 2.05) is 6.92 Å². The maximum atomic E-state index is 13.0. The second-order valence-corrected chi connectivity index (χ2v) is 5.26. The molecule has 0 saturated heterocycles. The molecule has 0 aliphatic heterocycles. The molecule has 0 spiro atoms. The van der Waals surface area contributed by atoms with Crippen LogP contribution in [0.4, 0.5) is 10.1 Å². The van der Waals surface area contributed by atoms with Gasteiger partial charge in [-0.25, -0.2) is 4.39 Å². The van der Waals surface area contributed by atoms with Crippen molar-refractivity contribution in [1.29, 1.82) is 0 Å². The number of hydrogen-bond acceptors (Lipinski definition) is 2. The van der Waals surface area contributed by atoms with Gasteiger partial charge in [0.1, 0.15) is 11.4 Å². The molecule has 0 N–H and O–H groups in total. The molecule has 0 aliphatic rings. The first kappa shape index (κ1) is 14.6. The van der Waals surface area contributed by atoms with E-state index in [1.54, 1.807) is 36.4 Å². The zero-order valence-electron chi connectivity index (χ0n) is 11.8. The van der Waals surface area contributed by atoms with E-state index in [9.17, 15) is 9.18 Å². The van der Waals surface area contributed by atoms with Crippen molar-refractivity contribution < 1.29 is 13.6 Å². The zero-order chi connectivity index (χ0) is 15.7. The number of carbonyl (C=O) groups is 1. The summed E-state index contributed by atoms with van der Waals surface area (Å²) in [5.74, 6) is -0.393.